The number of hydrogen-bond donors (Lipinski definition) is 1. The zero-order chi connectivity index (χ0) is 26.2. The van der Waals surface area contributed by atoms with Gasteiger partial charge >= 0.3 is 0 Å². The Morgan fingerprint density at radius 3 is 2.35 bits per heavy atom. The molecule has 1 aliphatic heterocycles. The third kappa shape index (κ3) is 4.93. The van der Waals surface area contributed by atoms with Crippen molar-refractivity contribution in [3.63, 3.8) is 0 Å². The van der Waals surface area contributed by atoms with Crippen LogP contribution in [0.3, 0.4) is 0 Å². The van der Waals surface area contributed by atoms with Crippen molar-refractivity contribution in [1.29, 1.82) is 0 Å². The van der Waals surface area contributed by atoms with Gasteiger partial charge in [-0.2, -0.15) is 4.31 Å². The monoisotopic (exact) mass is 534 g/mol. The zero-order valence-electron chi connectivity index (χ0n) is 19.6. The summed E-state index contributed by atoms with van der Waals surface area (Å²) in [6, 6.07) is 19.6. The Morgan fingerprint density at radius 1 is 0.919 bits per heavy atom. The molecule has 1 unspecified atom stereocenters. The third-order valence-corrected chi connectivity index (χ3v) is 8.57. The van der Waals surface area contributed by atoms with Crippen LogP contribution in [0.4, 0.5) is 0 Å². The number of benzene rings is 3. The Hall–Kier alpha value is -3.79. The standard InChI is InChI=1S/C27H23ClN4O4S/c28-23-9-7-21-15-24(10-8-20(21)14-23)37(35,36)31-12-13-32(25(17-31)26(29)33)27(34)19-5-3-18(4-6-19)22-2-1-11-30-16-22/h1-11,14-16,25H,12-13,17H2,(H2,29,33). The van der Waals surface area contributed by atoms with Crippen LogP contribution in [-0.4, -0.2) is 60.1 Å². The summed E-state index contributed by atoms with van der Waals surface area (Å²) in [5, 5.41) is 2.09. The second-order valence-electron chi connectivity index (χ2n) is 8.75. The first-order chi connectivity index (χ1) is 17.7. The fourth-order valence-electron chi connectivity index (χ4n) is 4.47. The summed E-state index contributed by atoms with van der Waals surface area (Å²) in [4.78, 5) is 31.2. The summed E-state index contributed by atoms with van der Waals surface area (Å²) in [6.45, 7) is -0.167. The van der Waals surface area contributed by atoms with Crippen LogP contribution in [0.15, 0.2) is 90.1 Å². The highest BCUT2D eigenvalue weighted by molar-refractivity contribution is 7.89. The van der Waals surface area contributed by atoms with E-state index in [4.69, 9.17) is 17.3 Å². The van der Waals surface area contributed by atoms with Crippen LogP contribution in [0.2, 0.25) is 5.02 Å². The molecule has 0 radical (unpaired) electrons. The number of pyridine rings is 1. The van der Waals surface area contributed by atoms with E-state index in [9.17, 15) is 18.0 Å². The van der Waals surface area contributed by atoms with Crippen molar-refractivity contribution < 1.29 is 18.0 Å². The van der Waals surface area contributed by atoms with Crippen LogP contribution in [0.1, 0.15) is 10.4 Å². The van der Waals surface area contributed by atoms with Crippen molar-refractivity contribution in [3.05, 3.63) is 95.8 Å². The number of primary amides is 1. The highest BCUT2D eigenvalue weighted by Gasteiger charge is 2.39. The topological polar surface area (TPSA) is 114 Å². The molecule has 1 saturated heterocycles. The average Bonchev–Trinajstić information content (AvgIpc) is 2.92. The molecule has 0 spiro atoms. The highest BCUT2D eigenvalue weighted by Crippen LogP contribution is 2.27. The molecular formula is C27H23ClN4O4S. The SMILES string of the molecule is NC(=O)C1CN(S(=O)(=O)c2ccc3cc(Cl)ccc3c2)CCN1C(=O)c1ccc(-c2cccnc2)cc1. The van der Waals surface area contributed by atoms with Crippen molar-refractivity contribution in [2.45, 2.75) is 10.9 Å². The van der Waals surface area contributed by atoms with Gasteiger partial charge in [0, 0.05) is 42.6 Å². The third-order valence-electron chi connectivity index (χ3n) is 6.47. The minimum Gasteiger partial charge on any atom is -0.368 e. The second-order valence-corrected chi connectivity index (χ2v) is 11.1. The molecule has 37 heavy (non-hydrogen) atoms. The summed E-state index contributed by atoms with van der Waals surface area (Å²) >= 11 is 6.03. The van der Waals surface area contributed by atoms with Crippen molar-refractivity contribution in [3.8, 4) is 11.1 Å². The second kappa shape index (κ2) is 9.93. The molecule has 4 aromatic rings. The van der Waals surface area contributed by atoms with Crippen molar-refractivity contribution in [1.82, 2.24) is 14.2 Å². The first-order valence-electron chi connectivity index (χ1n) is 11.5. The molecule has 1 aliphatic rings. The molecule has 2 amide bonds. The number of carbonyl (C=O) groups is 2. The van der Waals surface area contributed by atoms with Gasteiger partial charge in [-0.3, -0.25) is 14.6 Å². The van der Waals surface area contributed by atoms with Crippen LogP contribution in [0, 0.1) is 0 Å². The van der Waals surface area contributed by atoms with Gasteiger partial charge in [-0.25, -0.2) is 8.42 Å². The fourth-order valence-corrected chi connectivity index (χ4v) is 6.13. The maximum Gasteiger partial charge on any atom is 0.254 e. The lowest BCUT2D eigenvalue weighted by Crippen LogP contribution is -2.60. The van der Waals surface area contributed by atoms with Gasteiger partial charge in [0.2, 0.25) is 15.9 Å². The van der Waals surface area contributed by atoms with Gasteiger partial charge in [-0.15, -0.1) is 0 Å². The van der Waals surface area contributed by atoms with E-state index >= 15 is 0 Å². The van der Waals surface area contributed by atoms with Gasteiger partial charge in [0.1, 0.15) is 6.04 Å². The molecule has 0 aliphatic carbocycles. The number of sulfonamides is 1. The van der Waals surface area contributed by atoms with Crippen LogP contribution in [-0.2, 0) is 14.8 Å². The van der Waals surface area contributed by atoms with E-state index in [-0.39, 0.29) is 30.4 Å². The van der Waals surface area contributed by atoms with E-state index in [1.807, 2.05) is 12.1 Å². The summed E-state index contributed by atoms with van der Waals surface area (Å²) in [6.07, 6.45) is 3.41. The molecule has 10 heteroatoms. The molecule has 0 bridgehead atoms. The van der Waals surface area contributed by atoms with Crippen LogP contribution < -0.4 is 5.73 Å². The number of halogens is 1. The number of nitrogens with zero attached hydrogens (tertiary/aromatic N) is 3. The maximum absolute atomic E-state index is 13.4. The van der Waals surface area contributed by atoms with Gasteiger partial charge < -0.3 is 10.6 Å². The van der Waals surface area contributed by atoms with E-state index in [0.717, 1.165) is 21.9 Å². The Morgan fingerprint density at radius 2 is 1.65 bits per heavy atom. The molecule has 1 aromatic heterocycles. The number of aromatic nitrogens is 1. The van der Waals surface area contributed by atoms with Crippen LogP contribution in [0.25, 0.3) is 21.9 Å². The number of hydrogen-bond acceptors (Lipinski definition) is 5. The van der Waals surface area contributed by atoms with E-state index in [2.05, 4.69) is 4.98 Å². The molecule has 188 valence electrons. The highest BCUT2D eigenvalue weighted by atomic mass is 35.5. The lowest BCUT2D eigenvalue weighted by molar-refractivity contribution is -0.123. The lowest BCUT2D eigenvalue weighted by atomic mass is 10.0. The molecule has 1 atom stereocenters. The Balaban J connectivity index is 1.36. The van der Waals surface area contributed by atoms with E-state index in [1.165, 1.54) is 15.3 Å². The number of carbonyl (C=O) groups excluding carboxylic acids is 2. The van der Waals surface area contributed by atoms with Crippen molar-refractivity contribution >= 4 is 44.2 Å². The summed E-state index contributed by atoms with van der Waals surface area (Å²) in [5.41, 5.74) is 7.81. The summed E-state index contributed by atoms with van der Waals surface area (Å²) < 4.78 is 28.1. The van der Waals surface area contributed by atoms with Gasteiger partial charge in [-0.1, -0.05) is 41.9 Å². The minimum atomic E-state index is -3.93. The summed E-state index contributed by atoms with van der Waals surface area (Å²) in [5.74, 6) is -1.16. The smallest absolute Gasteiger partial charge is 0.254 e. The Bertz CT molecular complexity index is 1590. The van der Waals surface area contributed by atoms with Crippen LogP contribution >= 0.6 is 11.6 Å². The van der Waals surface area contributed by atoms with E-state index in [0.29, 0.717) is 10.6 Å². The Labute approximate surface area is 219 Å². The maximum atomic E-state index is 13.4. The van der Waals surface area contributed by atoms with E-state index < -0.39 is 22.0 Å². The first kappa shape index (κ1) is 24.9. The van der Waals surface area contributed by atoms with E-state index in [1.54, 1.807) is 67.0 Å². The molecule has 1 fully saturated rings. The normalized spacial score (nSPS) is 16.6. The quantitative estimate of drug-likeness (QED) is 0.420. The minimum absolute atomic E-state index is 0.0270. The molecule has 5 rings (SSSR count). The molecule has 2 heterocycles. The molecule has 8 nitrogen and oxygen atoms in total. The number of fused-ring (bicyclic) bond motifs is 1. The van der Waals surface area contributed by atoms with Crippen LogP contribution in [0.5, 0.6) is 0 Å². The van der Waals surface area contributed by atoms with Crippen molar-refractivity contribution in [2.75, 3.05) is 19.6 Å². The van der Waals surface area contributed by atoms with Gasteiger partial charge in [-0.05, 0) is 64.4 Å². The summed E-state index contributed by atoms with van der Waals surface area (Å²) in [7, 11) is -3.93. The largest absolute Gasteiger partial charge is 0.368 e. The average molecular weight is 535 g/mol. The number of piperazine rings is 1. The first-order valence-corrected chi connectivity index (χ1v) is 13.4. The number of rotatable bonds is 5. The number of amides is 2. The van der Waals surface area contributed by atoms with Gasteiger partial charge in [0.15, 0.2) is 0 Å². The molecule has 2 N–H and O–H groups in total. The fraction of sp³-hybridized carbons (Fsp3) is 0.148. The molecule has 0 saturated carbocycles. The predicted molar refractivity (Wildman–Crippen MR) is 141 cm³/mol. The molecule has 3 aromatic carbocycles. The Kier molecular flexibility index (Phi) is 6.68. The van der Waals surface area contributed by atoms with Gasteiger partial charge in [0.25, 0.3) is 5.91 Å². The molecular weight excluding hydrogens is 512 g/mol. The predicted octanol–water partition coefficient (Wildman–Crippen LogP) is 3.56. The zero-order valence-corrected chi connectivity index (χ0v) is 21.2. The number of nitrogens with two attached hydrogens (primary N) is 1. The van der Waals surface area contributed by atoms with Gasteiger partial charge in [0.05, 0.1) is 4.90 Å². The van der Waals surface area contributed by atoms with Crippen molar-refractivity contribution in [2.24, 2.45) is 5.73 Å². The lowest BCUT2D eigenvalue weighted by Gasteiger charge is -2.39.